The van der Waals surface area contributed by atoms with Crippen LogP contribution in [0.5, 0.6) is 5.75 Å². The number of rotatable bonds is 5. The lowest BCUT2D eigenvalue weighted by Gasteiger charge is -2.19. The van der Waals surface area contributed by atoms with Gasteiger partial charge in [0.25, 0.3) is 0 Å². The summed E-state index contributed by atoms with van der Waals surface area (Å²) in [5.41, 5.74) is 2.48. The van der Waals surface area contributed by atoms with Gasteiger partial charge in [-0.05, 0) is 35.0 Å². The number of benzene rings is 1. The highest BCUT2D eigenvalue weighted by molar-refractivity contribution is 7.08. The fourth-order valence-corrected chi connectivity index (χ4v) is 2.64. The average Bonchev–Trinajstić information content (AvgIpc) is 2.89. The van der Waals surface area contributed by atoms with E-state index in [0.717, 1.165) is 12.3 Å². The molecule has 2 rings (SSSR count). The van der Waals surface area contributed by atoms with E-state index in [4.69, 9.17) is 4.74 Å². The number of methoxy groups -OCH3 is 1. The van der Waals surface area contributed by atoms with E-state index in [1.807, 2.05) is 12.1 Å². The molecule has 0 aliphatic rings. The number of hydrogen-bond donors (Lipinski definition) is 1. The summed E-state index contributed by atoms with van der Waals surface area (Å²) in [7, 11) is 1.72. The van der Waals surface area contributed by atoms with Crippen molar-refractivity contribution >= 4 is 11.3 Å². The van der Waals surface area contributed by atoms with Crippen LogP contribution >= 0.6 is 11.3 Å². The monoisotopic (exact) mass is 247 g/mol. The first-order valence-corrected chi connectivity index (χ1v) is 6.69. The summed E-state index contributed by atoms with van der Waals surface area (Å²) in [6.07, 6.45) is 0. The van der Waals surface area contributed by atoms with Crippen LogP contribution in [0.15, 0.2) is 41.1 Å². The molecule has 3 heteroatoms. The molecular weight excluding hydrogens is 230 g/mol. The van der Waals surface area contributed by atoms with Gasteiger partial charge in [0.1, 0.15) is 5.75 Å². The van der Waals surface area contributed by atoms with Crippen molar-refractivity contribution in [3.8, 4) is 5.75 Å². The van der Waals surface area contributed by atoms with E-state index in [9.17, 15) is 0 Å². The van der Waals surface area contributed by atoms with E-state index in [2.05, 4.69) is 41.2 Å². The third-order valence-electron chi connectivity index (χ3n) is 2.73. The van der Waals surface area contributed by atoms with E-state index in [-0.39, 0.29) is 6.04 Å². The van der Waals surface area contributed by atoms with Crippen LogP contribution in [0.2, 0.25) is 0 Å². The molecule has 0 aliphatic heterocycles. The Kier molecular flexibility index (Phi) is 4.18. The van der Waals surface area contributed by atoms with Crippen LogP contribution in [-0.2, 0) is 0 Å². The lowest BCUT2D eigenvalue weighted by molar-refractivity contribution is 0.404. The van der Waals surface area contributed by atoms with Crippen molar-refractivity contribution in [1.29, 1.82) is 0 Å². The summed E-state index contributed by atoms with van der Waals surface area (Å²) in [5.74, 6) is 0.935. The molecule has 90 valence electrons. The van der Waals surface area contributed by atoms with Gasteiger partial charge in [0.15, 0.2) is 0 Å². The molecule has 1 unspecified atom stereocenters. The number of para-hydroxylation sites is 1. The van der Waals surface area contributed by atoms with Gasteiger partial charge in [-0.3, -0.25) is 0 Å². The molecule has 0 amide bonds. The molecule has 0 fully saturated rings. The predicted molar refractivity (Wildman–Crippen MR) is 72.8 cm³/mol. The van der Waals surface area contributed by atoms with Gasteiger partial charge in [-0.2, -0.15) is 11.3 Å². The van der Waals surface area contributed by atoms with Gasteiger partial charge in [-0.1, -0.05) is 25.1 Å². The fraction of sp³-hybridized carbons (Fsp3) is 0.286. The second-order valence-corrected chi connectivity index (χ2v) is 4.57. The molecular formula is C14H17NOS. The van der Waals surface area contributed by atoms with Crippen LogP contribution < -0.4 is 10.1 Å². The van der Waals surface area contributed by atoms with Crippen molar-refractivity contribution in [2.75, 3.05) is 13.7 Å². The van der Waals surface area contributed by atoms with Crippen LogP contribution in [0, 0.1) is 0 Å². The quantitative estimate of drug-likeness (QED) is 0.873. The molecule has 1 aromatic carbocycles. The average molecular weight is 247 g/mol. The summed E-state index contributed by atoms with van der Waals surface area (Å²) >= 11 is 1.72. The molecule has 0 saturated heterocycles. The first-order chi connectivity index (χ1) is 8.36. The number of hydrogen-bond acceptors (Lipinski definition) is 3. The van der Waals surface area contributed by atoms with E-state index in [0.29, 0.717) is 0 Å². The van der Waals surface area contributed by atoms with Crippen LogP contribution in [0.4, 0.5) is 0 Å². The van der Waals surface area contributed by atoms with E-state index < -0.39 is 0 Å². The smallest absolute Gasteiger partial charge is 0.123 e. The maximum Gasteiger partial charge on any atom is 0.123 e. The first-order valence-electron chi connectivity index (χ1n) is 5.75. The Labute approximate surface area is 106 Å². The second-order valence-electron chi connectivity index (χ2n) is 3.79. The highest BCUT2D eigenvalue weighted by atomic mass is 32.1. The standard InChI is InChI=1S/C14H17NOS/c1-3-15-14(11-8-9-17-10-11)12-6-4-5-7-13(12)16-2/h4-10,14-15H,3H2,1-2H3. The molecule has 1 aromatic heterocycles. The number of nitrogens with one attached hydrogen (secondary N) is 1. The normalized spacial score (nSPS) is 12.4. The van der Waals surface area contributed by atoms with Crippen LogP contribution in [0.25, 0.3) is 0 Å². The molecule has 0 aliphatic carbocycles. The van der Waals surface area contributed by atoms with E-state index >= 15 is 0 Å². The highest BCUT2D eigenvalue weighted by Gasteiger charge is 2.16. The Hall–Kier alpha value is -1.32. The van der Waals surface area contributed by atoms with Gasteiger partial charge in [0.2, 0.25) is 0 Å². The van der Waals surface area contributed by atoms with Crippen molar-refractivity contribution in [2.24, 2.45) is 0 Å². The minimum atomic E-state index is 0.211. The predicted octanol–water partition coefficient (Wildman–Crippen LogP) is 3.46. The molecule has 0 radical (unpaired) electrons. The highest BCUT2D eigenvalue weighted by Crippen LogP contribution is 2.30. The van der Waals surface area contributed by atoms with E-state index in [1.165, 1.54) is 11.1 Å². The second kappa shape index (κ2) is 5.84. The molecule has 2 aromatic rings. The number of ether oxygens (including phenoxy) is 1. The Morgan fingerprint density at radius 2 is 2.12 bits per heavy atom. The van der Waals surface area contributed by atoms with E-state index in [1.54, 1.807) is 18.4 Å². The maximum atomic E-state index is 5.43. The Morgan fingerprint density at radius 3 is 2.76 bits per heavy atom. The van der Waals surface area contributed by atoms with Gasteiger partial charge in [0, 0.05) is 5.56 Å². The summed E-state index contributed by atoms with van der Waals surface area (Å²) in [6, 6.07) is 10.5. The van der Waals surface area contributed by atoms with Gasteiger partial charge in [0.05, 0.1) is 13.2 Å². The van der Waals surface area contributed by atoms with Crippen molar-refractivity contribution in [1.82, 2.24) is 5.32 Å². The minimum Gasteiger partial charge on any atom is -0.496 e. The first kappa shape index (κ1) is 12.1. The van der Waals surface area contributed by atoms with Crippen molar-refractivity contribution in [3.63, 3.8) is 0 Å². The Bertz CT molecular complexity index is 453. The minimum absolute atomic E-state index is 0.211. The van der Waals surface area contributed by atoms with Gasteiger partial charge in [-0.25, -0.2) is 0 Å². The molecule has 0 spiro atoms. The van der Waals surface area contributed by atoms with Crippen molar-refractivity contribution in [2.45, 2.75) is 13.0 Å². The van der Waals surface area contributed by atoms with Crippen LogP contribution in [-0.4, -0.2) is 13.7 Å². The Morgan fingerprint density at radius 1 is 1.29 bits per heavy atom. The van der Waals surface area contributed by atoms with Crippen LogP contribution in [0.1, 0.15) is 24.1 Å². The summed E-state index contributed by atoms with van der Waals surface area (Å²) in [6.45, 7) is 3.05. The molecule has 0 saturated carbocycles. The van der Waals surface area contributed by atoms with Crippen LogP contribution in [0.3, 0.4) is 0 Å². The van der Waals surface area contributed by atoms with Gasteiger partial charge in [-0.15, -0.1) is 0 Å². The molecule has 2 nitrogen and oxygen atoms in total. The lowest BCUT2D eigenvalue weighted by Crippen LogP contribution is -2.22. The van der Waals surface area contributed by atoms with Crippen molar-refractivity contribution < 1.29 is 4.74 Å². The fourth-order valence-electron chi connectivity index (χ4n) is 1.96. The SMILES string of the molecule is CCNC(c1ccsc1)c1ccccc1OC. The molecule has 1 heterocycles. The zero-order valence-electron chi connectivity index (χ0n) is 10.1. The maximum absolute atomic E-state index is 5.43. The molecule has 1 atom stereocenters. The van der Waals surface area contributed by atoms with Crippen molar-refractivity contribution in [3.05, 3.63) is 52.2 Å². The van der Waals surface area contributed by atoms with Gasteiger partial charge < -0.3 is 10.1 Å². The van der Waals surface area contributed by atoms with Gasteiger partial charge >= 0.3 is 0 Å². The summed E-state index contributed by atoms with van der Waals surface area (Å²) in [5, 5.41) is 7.79. The molecule has 1 N–H and O–H groups in total. The topological polar surface area (TPSA) is 21.3 Å². The third kappa shape index (κ3) is 2.68. The molecule has 0 bridgehead atoms. The third-order valence-corrected chi connectivity index (χ3v) is 3.44. The number of thiophene rings is 1. The summed E-state index contributed by atoms with van der Waals surface area (Å²) < 4.78 is 5.43. The zero-order chi connectivity index (χ0) is 12.1. The summed E-state index contributed by atoms with van der Waals surface area (Å²) in [4.78, 5) is 0. The Balaban J connectivity index is 2.39. The molecule has 17 heavy (non-hydrogen) atoms. The zero-order valence-corrected chi connectivity index (χ0v) is 11.0. The largest absolute Gasteiger partial charge is 0.496 e. The lowest BCUT2D eigenvalue weighted by atomic mass is 10.0.